The number of carbonyl (C=O) groups excluding carboxylic acids is 3. The highest BCUT2D eigenvalue weighted by Crippen LogP contribution is 2.30. The number of phenolic OH excluding ortho intramolecular Hbond substituents is 1. The van der Waals surface area contributed by atoms with Gasteiger partial charge in [-0.25, -0.2) is 9.37 Å². The lowest BCUT2D eigenvalue weighted by molar-refractivity contribution is -0.131. The summed E-state index contributed by atoms with van der Waals surface area (Å²) in [6.45, 7) is 1.17. The molecule has 0 bridgehead atoms. The molecule has 2 heterocycles. The summed E-state index contributed by atoms with van der Waals surface area (Å²) in [5.74, 6) is -1.22. The molecule has 10 heteroatoms. The van der Waals surface area contributed by atoms with Crippen LogP contribution in [-0.4, -0.2) is 51.8 Å². The Morgan fingerprint density at radius 3 is 2.36 bits per heavy atom. The zero-order valence-corrected chi connectivity index (χ0v) is 20.3. The van der Waals surface area contributed by atoms with E-state index >= 15 is 0 Å². The molecule has 4 rings (SSSR count). The van der Waals surface area contributed by atoms with Crippen LogP contribution in [0.2, 0.25) is 0 Å². The van der Waals surface area contributed by atoms with Crippen molar-refractivity contribution in [2.75, 3.05) is 13.1 Å². The number of piperidine rings is 1. The average molecular weight is 511 g/mol. The molecule has 0 radical (unpaired) electrons. The maximum atomic E-state index is 13.1. The second kappa shape index (κ2) is 11.3. The van der Waals surface area contributed by atoms with Gasteiger partial charge in [0.2, 0.25) is 11.8 Å². The molecule has 1 saturated heterocycles. The highest BCUT2D eigenvalue weighted by atomic mass is 32.1. The molecule has 2 aromatic carbocycles. The van der Waals surface area contributed by atoms with Crippen molar-refractivity contribution < 1.29 is 23.9 Å². The van der Waals surface area contributed by atoms with Crippen LogP contribution in [-0.2, 0) is 22.4 Å². The second-order valence-electron chi connectivity index (χ2n) is 8.83. The fourth-order valence-electron chi connectivity index (χ4n) is 4.17. The number of nitrogens with two attached hydrogens (primary N) is 1. The Morgan fingerprint density at radius 1 is 1.08 bits per heavy atom. The molecular formula is C26H27FN4O4S. The smallest absolute Gasteiger partial charge is 0.271 e. The first kappa shape index (κ1) is 25.3. The minimum atomic E-state index is -0.914. The van der Waals surface area contributed by atoms with E-state index in [2.05, 4.69) is 10.3 Å². The normalized spacial score (nSPS) is 14.9. The predicted molar refractivity (Wildman–Crippen MR) is 133 cm³/mol. The SMILES string of the molecule is NC(=O)C(Cc1ccc(O)cc1)NC(=O)c1csc(C2CCN(C(=O)Cc3ccc(F)cc3)CC2)n1. The van der Waals surface area contributed by atoms with E-state index in [-0.39, 0.29) is 41.9 Å². The standard InChI is InChI=1S/C26H27FN4O4S/c27-19-5-1-17(2-6-19)14-23(33)31-11-9-18(10-12-31)26-30-22(15-36-26)25(35)29-21(24(28)34)13-16-3-7-20(32)8-4-16/h1-8,15,18,21,32H,9-14H2,(H2,28,34)(H,29,35). The summed E-state index contributed by atoms with van der Waals surface area (Å²) in [5, 5.41) is 14.5. The van der Waals surface area contributed by atoms with Crippen molar-refractivity contribution in [1.29, 1.82) is 0 Å². The van der Waals surface area contributed by atoms with Crippen molar-refractivity contribution in [3.8, 4) is 5.75 Å². The van der Waals surface area contributed by atoms with Gasteiger partial charge in [-0.15, -0.1) is 11.3 Å². The summed E-state index contributed by atoms with van der Waals surface area (Å²) in [7, 11) is 0. The maximum Gasteiger partial charge on any atom is 0.271 e. The van der Waals surface area contributed by atoms with Crippen molar-refractivity contribution >= 4 is 29.1 Å². The molecule has 1 aliphatic rings. The minimum absolute atomic E-state index is 0.00499. The number of carbonyl (C=O) groups is 3. The predicted octanol–water partition coefficient (Wildman–Crippen LogP) is 2.76. The monoisotopic (exact) mass is 510 g/mol. The number of halogens is 1. The molecular weight excluding hydrogens is 483 g/mol. The minimum Gasteiger partial charge on any atom is -0.508 e. The summed E-state index contributed by atoms with van der Waals surface area (Å²) in [6.07, 6.45) is 1.89. The van der Waals surface area contributed by atoms with Gasteiger partial charge in [-0.2, -0.15) is 0 Å². The Morgan fingerprint density at radius 2 is 1.72 bits per heavy atom. The molecule has 0 aliphatic carbocycles. The van der Waals surface area contributed by atoms with E-state index in [0.717, 1.165) is 29.0 Å². The maximum absolute atomic E-state index is 13.1. The largest absolute Gasteiger partial charge is 0.508 e. The van der Waals surface area contributed by atoms with E-state index in [1.54, 1.807) is 29.6 Å². The van der Waals surface area contributed by atoms with Crippen molar-refractivity contribution in [3.05, 3.63) is 81.6 Å². The Labute approximate surface area is 212 Å². The van der Waals surface area contributed by atoms with E-state index in [4.69, 9.17) is 5.73 Å². The first-order valence-electron chi connectivity index (χ1n) is 11.6. The van der Waals surface area contributed by atoms with Crippen LogP contribution in [0, 0.1) is 5.82 Å². The van der Waals surface area contributed by atoms with Crippen LogP contribution in [0.4, 0.5) is 4.39 Å². The van der Waals surface area contributed by atoms with Gasteiger partial charge in [0.1, 0.15) is 23.3 Å². The van der Waals surface area contributed by atoms with Gasteiger partial charge in [0.25, 0.3) is 5.91 Å². The Bertz CT molecular complexity index is 1220. The molecule has 1 atom stereocenters. The number of hydrogen-bond donors (Lipinski definition) is 3. The van der Waals surface area contributed by atoms with Gasteiger partial charge in [-0.05, 0) is 48.2 Å². The fraction of sp³-hybridized carbons (Fsp3) is 0.308. The Balaban J connectivity index is 1.30. The summed E-state index contributed by atoms with van der Waals surface area (Å²) in [5.41, 5.74) is 7.23. The van der Waals surface area contributed by atoms with Crippen LogP contribution in [0.25, 0.3) is 0 Å². The number of aromatic nitrogens is 1. The van der Waals surface area contributed by atoms with Crippen LogP contribution in [0.5, 0.6) is 5.75 Å². The molecule has 4 N–H and O–H groups in total. The number of thiazole rings is 1. The molecule has 188 valence electrons. The molecule has 3 aromatic rings. The zero-order valence-electron chi connectivity index (χ0n) is 19.5. The quantitative estimate of drug-likeness (QED) is 0.430. The van der Waals surface area contributed by atoms with E-state index in [9.17, 15) is 23.9 Å². The molecule has 3 amide bonds. The third-order valence-electron chi connectivity index (χ3n) is 6.25. The summed E-state index contributed by atoms with van der Waals surface area (Å²) < 4.78 is 13.1. The first-order valence-corrected chi connectivity index (χ1v) is 12.5. The van der Waals surface area contributed by atoms with Crippen LogP contribution < -0.4 is 11.1 Å². The number of primary amides is 1. The molecule has 0 saturated carbocycles. The van der Waals surface area contributed by atoms with Gasteiger partial charge >= 0.3 is 0 Å². The van der Waals surface area contributed by atoms with Gasteiger partial charge < -0.3 is 21.1 Å². The Kier molecular flexibility index (Phi) is 7.94. The molecule has 1 fully saturated rings. The van der Waals surface area contributed by atoms with Gasteiger partial charge in [0.05, 0.1) is 11.4 Å². The van der Waals surface area contributed by atoms with Crippen LogP contribution in [0.1, 0.15) is 45.4 Å². The summed E-state index contributed by atoms with van der Waals surface area (Å²) in [6, 6.07) is 11.4. The number of phenols is 1. The fourth-order valence-corrected chi connectivity index (χ4v) is 5.14. The van der Waals surface area contributed by atoms with Crippen LogP contribution >= 0.6 is 11.3 Å². The number of hydrogen-bond acceptors (Lipinski definition) is 6. The lowest BCUT2D eigenvalue weighted by Gasteiger charge is -2.31. The third-order valence-corrected chi connectivity index (χ3v) is 7.25. The molecule has 1 aliphatic heterocycles. The molecule has 1 aromatic heterocycles. The van der Waals surface area contributed by atoms with Gasteiger partial charge in [0.15, 0.2) is 0 Å². The zero-order chi connectivity index (χ0) is 25.7. The van der Waals surface area contributed by atoms with Gasteiger partial charge in [-0.3, -0.25) is 14.4 Å². The van der Waals surface area contributed by atoms with Gasteiger partial charge in [0, 0.05) is 30.8 Å². The number of benzene rings is 2. The van der Waals surface area contributed by atoms with Crippen molar-refractivity contribution in [2.45, 2.75) is 37.6 Å². The number of aromatic hydroxyl groups is 1. The molecule has 36 heavy (non-hydrogen) atoms. The first-order chi connectivity index (χ1) is 17.3. The van der Waals surface area contributed by atoms with E-state index < -0.39 is 17.9 Å². The number of nitrogens with one attached hydrogen (secondary N) is 1. The van der Waals surface area contributed by atoms with E-state index in [1.807, 2.05) is 4.90 Å². The number of nitrogens with zero attached hydrogens (tertiary/aromatic N) is 2. The summed E-state index contributed by atoms with van der Waals surface area (Å²) in [4.78, 5) is 43.6. The average Bonchev–Trinajstić information content (AvgIpc) is 3.37. The molecule has 8 nitrogen and oxygen atoms in total. The lowest BCUT2D eigenvalue weighted by atomic mass is 9.97. The van der Waals surface area contributed by atoms with Crippen LogP contribution in [0.3, 0.4) is 0 Å². The number of rotatable bonds is 8. The number of amides is 3. The van der Waals surface area contributed by atoms with Crippen molar-refractivity contribution in [2.24, 2.45) is 5.73 Å². The Hall–Kier alpha value is -3.79. The van der Waals surface area contributed by atoms with Crippen LogP contribution in [0.15, 0.2) is 53.9 Å². The lowest BCUT2D eigenvalue weighted by Crippen LogP contribution is -2.46. The second-order valence-corrected chi connectivity index (χ2v) is 9.72. The van der Waals surface area contributed by atoms with Crippen molar-refractivity contribution in [3.63, 3.8) is 0 Å². The third kappa shape index (κ3) is 6.45. The topological polar surface area (TPSA) is 126 Å². The molecule has 0 spiro atoms. The van der Waals surface area contributed by atoms with Crippen molar-refractivity contribution in [1.82, 2.24) is 15.2 Å². The van der Waals surface area contributed by atoms with Gasteiger partial charge in [-0.1, -0.05) is 24.3 Å². The highest BCUT2D eigenvalue weighted by molar-refractivity contribution is 7.09. The highest BCUT2D eigenvalue weighted by Gasteiger charge is 2.27. The number of likely N-dealkylation sites (tertiary alicyclic amines) is 1. The van der Waals surface area contributed by atoms with E-state index in [0.29, 0.717) is 13.1 Å². The molecule has 1 unspecified atom stereocenters. The summed E-state index contributed by atoms with van der Waals surface area (Å²) >= 11 is 1.38. The van der Waals surface area contributed by atoms with E-state index in [1.165, 1.54) is 35.6 Å².